The number of aromatic carboxylic acids is 1. The lowest BCUT2D eigenvalue weighted by atomic mass is 10.2. The summed E-state index contributed by atoms with van der Waals surface area (Å²) in [7, 11) is 0. The Balaban J connectivity index is 2.08. The third-order valence-corrected chi connectivity index (χ3v) is 3.52. The Kier molecular flexibility index (Phi) is 5.94. The molecule has 1 aromatic carbocycles. The van der Waals surface area contributed by atoms with Crippen molar-refractivity contribution in [3.8, 4) is 0 Å². The van der Waals surface area contributed by atoms with E-state index in [2.05, 4.69) is 10.6 Å². The largest absolute Gasteiger partial charge is 0.478 e. The van der Waals surface area contributed by atoms with Crippen molar-refractivity contribution >= 4 is 23.5 Å². The summed E-state index contributed by atoms with van der Waals surface area (Å²) in [5, 5.41) is 14.5. The van der Waals surface area contributed by atoms with E-state index < -0.39 is 11.9 Å². The van der Waals surface area contributed by atoms with E-state index in [0.29, 0.717) is 24.2 Å². The van der Waals surface area contributed by atoms with Gasteiger partial charge in [-0.25, -0.2) is 4.79 Å². The highest BCUT2D eigenvalue weighted by molar-refractivity contribution is 6.04. The minimum Gasteiger partial charge on any atom is -0.478 e. The van der Waals surface area contributed by atoms with Crippen molar-refractivity contribution in [2.45, 2.75) is 26.7 Å². The van der Waals surface area contributed by atoms with Crippen LogP contribution in [0.3, 0.4) is 0 Å². The molecule has 0 spiro atoms. The maximum atomic E-state index is 12.2. The average molecular weight is 344 g/mol. The van der Waals surface area contributed by atoms with Crippen LogP contribution in [0.2, 0.25) is 0 Å². The van der Waals surface area contributed by atoms with Gasteiger partial charge in [-0.1, -0.05) is 13.8 Å². The van der Waals surface area contributed by atoms with Crippen molar-refractivity contribution in [2.24, 2.45) is 0 Å². The number of aryl methyl sites for hydroxylation is 1. The standard InChI is InChI=1S/C18H20N2O5/c1-3-9-19-16(21)11-5-7-12(8-6-11)20-17(22)15-10-13(18(23)24)14(4-2)25-15/h5-8,10H,3-4,9H2,1-2H3,(H,19,21)(H,20,22)(H,23,24). The van der Waals surface area contributed by atoms with Crippen LogP contribution in [0, 0.1) is 0 Å². The van der Waals surface area contributed by atoms with Crippen LogP contribution in [0.4, 0.5) is 5.69 Å². The van der Waals surface area contributed by atoms with Crippen molar-refractivity contribution in [3.05, 3.63) is 53.0 Å². The van der Waals surface area contributed by atoms with Gasteiger partial charge in [0.15, 0.2) is 5.76 Å². The van der Waals surface area contributed by atoms with Crippen LogP contribution in [0.5, 0.6) is 0 Å². The Morgan fingerprint density at radius 1 is 1.08 bits per heavy atom. The number of nitrogens with one attached hydrogen (secondary N) is 2. The van der Waals surface area contributed by atoms with Crippen LogP contribution in [0.15, 0.2) is 34.7 Å². The highest BCUT2D eigenvalue weighted by atomic mass is 16.4. The molecular formula is C18H20N2O5. The molecule has 0 atom stereocenters. The van der Waals surface area contributed by atoms with Gasteiger partial charge in [0.1, 0.15) is 11.3 Å². The van der Waals surface area contributed by atoms with Gasteiger partial charge in [-0.05, 0) is 30.7 Å². The summed E-state index contributed by atoms with van der Waals surface area (Å²) in [5.41, 5.74) is 0.949. The van der Waals surface area contributed by atoms with Gasteiger partial charge in [0.05, 0.1) is 0 Å². The maximum Gasteiger partial charge on any atom is 0.339 e. The quantitative estimate of drug-likeness (QED) is 0.715. The Hall–Kier alpha value is -3.09. The fourth-order valence-electron chi connectivity index (χ4n) is 2.22. The van der Waals surface area contributed by atoms with Gasteiger partial charge in [0, 0.05) is 30.3 Å². The zero-order chi connectivity index (χ0) is 18.4. The normalized spacial score (nSPS) is 10.3. The molecule has 0 fully saturated rings. The highest BCUT2D eigenvalue weighted by Gasteiger charge is 2.20. The fraction of sp³-hybridized carbons (Fsp3) is 0.278. The molecule has 2 aromatic rings. The first-order valence-corrected chi connectivity index (χ1v) is 8.01. The first-order valence-electron chi connectivity index (χ1n) is 8.01. The maximum absolute atomic E-state index is 12.2. The van der Waals surface area contributed by atoms with Crippen LogP contribution in [0.1, 0.15) is 57.3 Å². The lowest BCUT2D eigenvalue weighted by Gasteiger charge is -2.06. The minimum atomic E-state index is -1.14. The molecule has 0 unspecified atom stereocenters. The van der Waals surface area contributed by atoms with E-state index in [1.165, 1.54) is 6.07 Å². The van der Waals surface area contributed by atoms with Crippen LogP contribution >= 0.6 is 0 Å². The van der Waals surface area contributed by atoms with Gasteiger partial charge in [0.25, 0.3) is 11.8 Å². The molecule has 2 amide bonds. The topological polar surface area (TPSA) is 109 Å². The molecule has 25 heavy (non-hydrogen) atoms. The van der Waals surface area contributed by atoms with Crippen molar-refractivity contribution in [1.82, 2.24) is 5.32 Å². The Labute approximate surface area is 145 Å². The number of amides is 2. The van der Waals surface area contributed by atoms with Gasteiger partial charge in [-0.2, -0.15) is 0 Å². The van der Waals surface area contributed by atoms with Crippen LogP contribution in [0.25, 0.3) is 0 Å². The summed E-state index contributed by atoms with van der Waals surface area (Å²) in [6, 6.07) is 7.61. The summed E-state index contributed by atoms with van der Waals surface area (Å²) < 4.78 is 5.31. The molecule has 3 N–H and O–H groups in total. The lowest BCUT2D eigenvalue weighted by Crippen LogP contribution is -2.23. The zero-order valence-electron chi connectivity index (χ0n) is 14.1. The summed E-state index contributed by atoms with van der Waals surface area (Å²) >= 11 is 0. The molecule has 0 saturated carbocycles. The number of carboxylic acid groups (broad SMARTS) is 1. The van der Waals surface area contributed by atoms with E-state index in [-0.39, 0.29) is 23.0 Å². The number of carbonyl (C=O) groups is 3. The number of carbonyl (C=O) groups excluding carboxylic acids is 2. The molecule has 1 heterocycles. The zero-order valence-corrected chi connectivity index (χ0v) is 14.1. The third kappa shape index (κ3) is 4.47. The van der Waals surface area contributed by atoms with E-state index in [9.17, 15) is 14.4 Å². The van der Waals surface area contributed by atoms with Gasteiger partial charge in [-0.15, -0.1) is 0 Å². The highest BCUT2D eigenvalue weighted by Crippen LogP contribution is 2.18. The molecule has 0 aliphatic rings. The molecule has 7 nitrogen and oxygen atoms in total. The number of furan rings is 1. The monoisotopic (exact) mass is 344 g/mol. The molecule has 0 aliphatic carbocycles. The molecular weight excluding hydrogens is 324 g/mol. The van der Waals surface area contributed by atoms with Gasteiger partial charge in [-0.3, -0.25) is 9.59 Å². The molecule has 7 heteroatoms. The molecule has 0 bridgehead atoms. The molecule has 132 valence electrons. The summed E-state index contributed by atoms with van der Waals surface area (Å²) in [4.78, 5) is 35.1. The minimum absolute atomic E-state index is 0.0180. The van der Waals surface area contributed by atoms with E-state index in [1.807, 2.05) is 6.92 Å². The summed E-state index contributed by atoms with van der Waals surface area (Å²) in [6.07, 6.45) is 1.22. The Morgan fingerprint density at radius 2 is 1.76 bits per heavy atom. The van der Waals surface area contributed by atoms with Crippen LogP contribution < -0.4 is 10.6 Å². The molecule has 0 radical (unpaired) electrons. The van der Waals surface area contributed by atoms with Gasteiger partial charge in [0.2, 0.25) is 0 Å². The number of hydrogen-bond acceptors (Lipinski definition) is 4. The molecule has 0 aliphatic heterocycles. The Bertz CT molecular complexity index is 777. The van der Waals surface area contributed by atoms with Crippen LogP contribution in [-0.4, -0.2) is 29.4 Å². The van der Waals surface area contributed by atoms with Crippen molar-refractivity contribution in [2.75, 3.05) is 11.9 Å². The number of benzene rings is 1. The van der Waals surface area contributed by atoms with Crippen molar-refractivity contribution in [3.63, 3.8) is 0 Å². The lowest BCUT2D eigenvalue weighted by molar-refractivity contribution is 0.0694. The molecule has 2 rings (SSSR count). The number of hydrogen-bond donors (Lipinski definition) is 3. The van der Waals surface area contributed by atoms with Crippen LogP contribution in [-0.2, 0) is 6.42 Å². The molecule has 0 saturated heterocycles. The summed E-state index contributed by atoms with van der Waals surface area (Å²) in [5.74, 6) is -1.68. The molecule has 1 aromatic heterocycles. The average Bonchev–Trinajstić information content (AvgIpc) is 3.05. The Morgan fingerprint density at radius 3 is 2.28 bits per heavy atom. The van der Waals surface area contributed by atoms with Gasteiger partial charge < -0.3 is 20.2 Å². The predicted molar refractivity (Wildman–Crippen MR) is 92.1 cm³/mol. The summed E-state index contributed by atoms with van der Waals surface area (Å²) in [6.45, 7) is 4.31. The fourth-order valence-corrected chi connectivity index (χ4v) is 2.22. The number of anilines is 1. The van der Waals surface area contributed by atoms with Gasteiger partial charge >= 0.3 is 5.97 Å². The second-order valence-corrected chi connectivity index (χ2v) is 5.39. The van der Waals surface area contributed by atoms with Crippen molar-refractivity contribution in [1.29, 1.82) is 0 Å². The first kappa shape index (κ1) is 18.3. The second kappa shape index (κ2) is 8.14. The number of rotatable bonds is 7. The smallest absolute Gasteiger partial charge is 0.339 e. The number of carboxylic acids is 1. The first-order chi connectivity index (χ1) is 12.0. The van der Waals surface area contributed by atoms with E-state index in [1.54, 1.807) is 31.2 Å². The SMILES string of the molecule is CCCNC(=O)c1ccc(NC(=O)c2cc(C(=O)O)c(CC)o2)cc1. The van der Waals surface area contributed by atoms with Crippen molar-refractivity contribution < 1.29 is 23.9 Å². The second-order valence-electron chi connectivity index (χ2n) is 5.39. The third-order valence-electron chi connectivity index (χ3n) is 3.52. The predicted octanol–water partition coefficient (Wildman–Crippen LogP) is 2.93. The van der Waals surface area contributed by atoms with E-state index in [0.717, 1.165) is 6.42 Å². The van der Waals surface area contributed by atoms with E-state index in [4.69, 9.17) is 9.52 Å². The van der Waals surface area contributed by atoms with E-state index >= 15 is 0 Å².